The summed E-state index contributed by atoms with van der Waals surface area (Å²) in [6.45, 7) is 1.82. The molecule has 0 saturated carbocycles. The van der Waals surface area contributed by atoms with Gasteiger partial charge in [-0.15, -0.1) is 0 Å². The highest BCUT2D eigenvalue weighted by Gasteiger charge is 2.07. The minimum atomic E-state index is -0.989. The Morgan fingerprint density at radius 3 is 2.81 bits per heavy atom. The molecule has 0 amide bonds. The number of rotatable bonds is 3. The van der Waals surface area contributed by atoms with Gasteiger partial charge in [0.15, 0.2) is 0 Å². The molecule has 1 heterocycles. The molecule has 1 rings (SSSR count). The average Bonchev–Trinajstić information content (AvgIpc) is 2.24. The number of aromatic nitrogens is 1. The largest absolute Gasteiger partial charge is 0.478 e. The molecule has 5 heteroatoms. The van der Waals surface area contributed by atoms with Crippen molar-refractivity contribution in [3.05, 3.63) is 23.4 Å². The number of nitrogens with one attached hydrogen (secondary N) is 1. The molecule has 0 bridgehead atoms. The third-order valence-corrected chi connectivity index (χ3v) is 1.88. The molecule has 84 valence electrons. The van der Waals surface area contributed by atoms with Crippen LogP contribution in [-0.4, -0.2) is 34.3 Å². The van der Waals surface area contributed by atoms with E-state index in [9.17, 15) is 4.79 Å². The van der Waals surface area contributed by atoms with E-state index in [0.717, 1.165) is 0 Å². The molecular formula is C11H12N2O3. The first-order valence-electron chi connectivity index (χ1n) is 4.66. The number of nitrogens with zero attached hydrogens (tertiary/aromatic N) is 1. The number of carbonyl (C=O) groups is 1. The zero-order valence-corrected chi connectivity index (χ0v) is 8.82. The molecule has 0 radical (unpaired) electrons. The van der Waals surface area contributed by atoms with Crippen molar-refractivity contribution in [2.75, 3.05) is 18.5 Å². The summed E-state index contributed by atoms with van der Waals surface area (Å²) < 4.78 is 0. The molecule has 0 aliphatic heterocycles. The topological polar surface area (TPSA) is 82.5 Å². The van der Waals surface area contributed by atoms with E-state index >= 15 is 0 Å². The van der Waals surface area contributed by atoms with Gasteiger partial charge in [0.05, 0.1) is 17.8 Å². The van der Waals surface area contributed by atoms with Gasteiger partial charge in [-0.3, -0.25) is 0 Å². The monoisotopic (exact) mass is 220 g/mol. The maximum Gasteiger partial charge on any atom is 0.337 e. The molecule has 0 aliphatic carbocycles. The van der Waals surface area contributed by atoms with Crippen LogP contribution in [0.15, 0.2) is 12.1 Å². The highest BCUT2D eigenvalue weighted by molar-refractivity contribution is 5.89. The number of hydrogen-bond donors (Lipinski definition) is 3. The molecular weight excluding hydrogens is 208 g/mol. The lowest BCUT2D eigenvalue weighted by Gasteiger charge is -2.04. The second kappa shape index (κ2) is 5.73. The Balaban J connectivity index is 2.70. The van der Waals surface area contributed by atoms with Gasteiger partial charge < -0.3 is 15.5 Å². The van der Waals surface area contributed by atoms with Crippen LogP contribution in [0.25, 0.3) is 0 Å². The summed E-state index contributed by atoms with van der Waals surface area (Å²) in [6.07, 6.45) is 0. The summed E-state index contributed by atoms with van der Waals surface area (Å²) >= 11 is 0. The summed E-state index contributed by atoms with van der Waals surface area (Å²) in [7, 11) is 0. The number of aliphatic hydroxyl groups is 1. The number of aliphatic hydroxyl groups excluding tert-OH is 1. The SMILES string of the molecule is Cc1nc(NCC#CCO)ccc1C(=O)O. The van der Waals surface area contributed by atoms with Gasteiger partial charge in [0.25, 0.3) is 0 Å². The van der Waals surface area contributed by atoms with Gasteiger partial charge in [-0.25, -0.2) is 9.78 Å². The molecule has 0 aliphatic rings. The van der Waals surface area contributed by atoms with Crippen molar-refractivity contribution in [3.63, 3.8) is 0 Å². The van der Waals surface area contributed by atoms with E-state index in [0.29, 0.717) is 18.1 Å². The van der Waals surface area contributed by atoms with Crippen molar-refractivity contribution < 1.29 is 15.0 Å². The predicted molar refractivity (Wildman–Crippen MR) is 59.3 cm³/mol. The normalized spacial score (nSPS) is 9.12. The molecule has 0 saturated heterocycles. The number of hydrogen-bond acceptors (Lipinski definition) is 4. The molecule has 1 aromatic rings. The molecule has 0 atom stereocenters. The fourth-order valence-corrected chi connectivity index (χ4v) is 1.14. The van der Waals surface area contributed by atoms with Crippen LogP contribution >= 0.6 is 0 Å². The van der Waals surface area contributed by atoms with Gasteiger partial charge in [0.2, 0.25) is 0 Å². The van der Waals surface area contributed by atoms with Gasteiger partial charge in [-0.1, -0.05) is 11.8 Å². The number of aromatic carboxylic acids is 1. The molecule has 0 spiro atoms. The Bertz CT molecular complexity index is 446. The molecule has 0 fully saturated rings. The van der Waals surface area contributed by atoms with E-state index in [1.807, 2.05) is 0 Å². The van der Waals surface area contributed by atoms with Gasteiger partial charge in [-0.2, -0.15) is 0 Å². The minimum Gasteiger partial charge on any atom is -0.478 e. The molecule has 0 aromatic carbocycles. The van der Waals surface area contributed by atoms with Crippen molar-refractivity contribution in [3.8, 4) is 11.8 Å². The average molecular weight is 220 g/mol. The number of pyridine rings is 1. The predicted octanol–water partition coefficient (Wildman–Crippen LogP) is 0.496. The van der Waals surface area contributed by atoms with Crippen molar-refractivity contribution in [1.29, 1.82) is 0 Å². The summed E-state index contributed by atoms with van der Waals surface area (Å²) in [5.41, 5.74) is 0.639. The third-order valence-electron chi connectivity index (χ3n) is 1.88. The van der Waals surface area contributed by atoms with Crippen molar-refractivity contribution in [1.82, 2.24) is 4.98 Å². The van der Waals surface area contributed by atoms with E-state index in [4.69, 9.17) is 10.2 Å². The Morgan fingerprint density at radius 2 is 2.25 bits per heavy atom. The molecule has 1 aromatic heterocycles. The van der Waals surface area contributed by atoms with Crippen molar-refractivity contribution in [2.24, 2.45) is 0 Å². The minimum absolute atomic E-state index is 0.175. The van der Waals surface area contributed by atoms with E-state index in [2.05, 4.69) is 22.1 Å². The molecule has 3 N–H and O–H groups in total. The molecule has 0 unspecified atom stereocenters. The first kappa shape index (κ1) is 12.0. The van der Waals surface area contributed by atoms with Gasteiger partial charge in [0, 0.05) is 0 Å². The number of carboxylic acids is 1. The summed E-state index contributed by atoms with van der Waals surface area (Å²) in [6, 6.07) is 3.07. The first-order chi connectivity index (χ1) is 7.65. The zero-order valence-electron chi connectivity index (χ0n) is 8.82. The highest BCUT2D eigenvalue weighted by Crippen LogP contribution is 2.09. The van der Waals surface area contributed by atoms with Crippen LogP contribution in [0, 0.1) is 18.8 Å². The van der Waals surface area contributed by atoms with Crippen LogP contribution in [0.1, 0.15) is 16.1 Å². The van der Waals surface area contributed by atoms with E-state index in [1.54, 1.807) is 13.0 Å². The van der Waals surface area contributed by atoms with Gasteiger partial charge in [0.1, 0.15) is 12.4 Å². The van der Waals surface area contributed by atoms with Crippen LogP contribution in [0.4, 0.5) is 5.82 Å². The number of aryl methyl sites for hydroxylation is 1. The summed E-state index contributed by atoms with van der Waals surface area (Å²) in [4.78, 5) is 14.8. The second-order valence-corrected chi connectivity index (χ2v) is 3.00. The van der Waals surface area contributed by atoms with Crippen molar-refractivity contribution >= 4 is 11.8 Å². The second-order valence-electron chi connectivity index (χ2n) is 3.00. The maximum atomic E-state index is 10.7. The highest BCUT2D eigenvalue weighted by atomic mass is 16.4. The van der Waals surface area contributed by atoms with E-state index in [-0.39, 0.29) is 12.2 Å². The van der Waals surface area contributed by atoms with Crippen LogP contribution in [0.5, 0.6) is 0 Å². The van der Waals surface area contributed by atoms with Gasteiger partial charge >= 0.3 is 5.97 Å². The Kier molecular flexibility index (Phi) is 4.30. The fraction of sp³-hybridized carbons (Fsp3) is 0.273. The lowest BCUT2D eigenvalue weighted by Crippen LogP contribution is -2.06. The Hall–Kier alpha value is -2.06. The number of carboxylic acid groups (broad SMARTS) is 1. The van der Waals surface area contributed by atoms with Gasteiger partial charge in [-0.05, 0) is 19.1 Å². The zero-order chi connectivity index (χ0) is 12.0. The van der Waals surface area contributed by atoms with Crippen molar-refractivity contribution in [2.45, 2.75) is 6.92 Å². The third kappa shape index (κ3) is 3.26. The molecule has 5 nitrogen and oxygen atoms in total. The van der Waals surface area contributed by atoms with Crippen LogP contribution < -0.4 is 5.32 Å². The smallest absolute Gasteiger partial charge is 0.337 e. The van der Waals surface area contributed by atoms with Crippen LogP contribution in [0.2, 0.25) is 0 Å². The Labute approximate surface area is 93.1 Å². The van der Waals surface area contributed by atoms with E-state index < -0.39 is 5.97 Å². The summed E-state index contributed by atoms with van der Waals surface area (Å²) in [5, 5.41) is 20.1. The summed E-state index contributed by atoms with van der Waals surface area (Å²) in [5.74, 6) is 4.73. The number of anilines is 1. The lowest BCUT2D eigenvalue weighted by atomic mass is 10.2. The quantitative estimate of drug-likeness (QED) is 0.646. The molecule has 16 heavy (non-hydrogen) atoms. The maximum absolute atomic E-state index is 10.7. The van der Waals surface area contributed by atoms with Crippen LogP contribution in [-0.2, 0) is 0 Å². The first-order valence-corrected chi connectivity index (χ1v) is 4.66. The van der Waals surface area contributed by atoms with E-state index in [1.165, 1.54) is 6.07 Å². The van der Waals surface area contributed by atoms with Crippen LogP contribution in [0.3, 0.4) is 0 Å². The fourth-order valence-electron chi connectivity index (χ4n) is 1.14. The standard InChI is InChI=1S/C11H12N2O3/c1-8-9(11(15)16)4-5-10(13-8)12-6-2-3-7-14/h4-5,14H,6-7H2,1H3,(H,12,13)(H,15,16). The Morgan fingerprint density at radius 1 is 1.50 bits per heavy atom. The lowest BCUT2D eigenvalue weighted by molar-refractivity contribution is 0.0695.